The predicted molar refractivity (Wildman–Crippen MR) is 43.8 cm³/mol. The average molecular weight is 204 g/mol. The molecule has 0 aromatic rings. The minimum atomic E-state index is -1.97. The van der Waals surface area contributed by atoms with Crippen molar-refractivity contribution in [2.75, 3.05) is 0 Å². The van der Waals surface area contributed by atoms with Crippen LogP contribution in [-0.2, 0) is 4.79 Å². The van der Waals surface area contributed by atoms with E-state index in [1.54, 1.807) is 0 Å². The van der Waals surface area contributed by atoms with Crippen LogP contribution in [0.2, 0.25) is 0 Å². The summed E-state index contributed by atoms with van der Waals surface area (Å²) in [6.45, 7) is 3.10. The summed E-state index contributed by atoms with van der Waals surface area (Å²) in [5.74, 6) is -1.31. The van der Waals surface area contributed by atoms with Gasteiger partial charge in [0.15, 0.2) is 0 Å². The highest BCUT2D eigenvalue weighted by molar-refractivity contribution is 5.85. The number of hydrogen-bond donors (Lipinski definition) is 1. The third-order valence-corrected chi connectivity index (χ3v) is 1.49. The lowest BCUT2D eigenvalue weighted by atomic mass is 10.1. The van der Waals surface area contributed by atoms with Gasteiger partial charge in [0.2, 0.25) is 0 Å². The van der Waals surface area contributed by atoms with Crippen molar-refractivity contribution in [2.24, 2.45) is 0 Å². The Morgan fingerprint density at radius 1 is 1.36 bits per heavy atom. The van der Waals surface area contributed by atoms with Crippen LogP contribution in [0.4, 0.5) is 0 Å². The van der Waals surface area contributed by atoms with Crippen molar-refractivity contribution in [3.63, 3.8) is 0 Å². The smallest absolute Gasteiger partial charge is 0.451 e. The zero-order chi connectivity index (χ0) is 11.3. The van der Waals surface area contributed by atoms with E-state index >= 15 is 0 Å². The van der Waals surface area contributed by atoms with Gasteiger partial charge in [0.25, 0.3) is 0 Å². The molecule has 14 heavy (non-hydrogen) atoms. The minimum absolute atomic E-state index is 0.276. The fraction of sp³-hybridized carbons (Fsp3) is 0.500. The number of carboxylic acid groups (broad SMARTS) is 1. The zero-order valence-corrected chi connectivity index (χ0v) is 7.08. The van der Waals surface area contributed by atoms with Crippen LogP contribution >= 0.6 is 0 Å². The first-order valence-corrected chi connectivity index (χ1v) is 3.54. The molecule has 0 radical (unpaired) electrons. The molecule has 0 spiro atoms. The summed E-state index contributed by atoms with van der Waals surface area (Å²) in [6, 6.07) is 0. The molecule has 0 saturated heterocycles. The second-order valence-electron chi connectivity index (χ2n) is 2.50. The van der Waals surface area contributed by atoms with Crippen LogP contribution < -0.4 is 0 Å². The molecule has 0 heterocycles. The zero-order valence-electron chi connectivity index (χ0n) is 7.08. The van der Waals surface area contributed by atoms with Gasteiger partial charge in [-0.05, 0) is 6.42 Å². The van der Waals surface area contributed by atoms with E-state index < -0.39 is 28.4 Å². The van der Waals surface area contributed by atoms with Crippen molar-refractivity contribution in [2.45, 2.75) is 19.0 Å². The molecule has 8 heteroatoms. The Hall–Kier alpha value is -1.99. The van der Waals surface area contributed by atoms with E-state index in [9.17, 15) is 25.0 Å². The van der Waals surface area contributed by atoms with Crippen molar-refractivity contribution in [1.29, 1.82) is 0 Å². The molecule has 0 aliphatic carbocycles. The van der Waals surface area contributed by atoms with Gasteiger partial charge >= 0.3 is 12.1 Å². The summed E-state index contributed by atoms with van der Waals surface area (Å²) >= 11 is 0. The van der Waals surface area contributed by atoms with Gasteiger partial charge in [-0.2, -0.15) is 0 Å². The number of rotatable bonds is 6. The van der Waals surface area contributed by atoms with Crippen molar-refractivity contribution < 1.29 is 19.7 Å². The van der Waals surface area contributed by atoms with E-state index in [0.717, 1.165) is 0 Å². The predicted octanol–water partition coefficient (Wildman–Crippen LogP) is 0.287. The lowest BCUT2D eigenvalue weighted by Gasteiger charge is -2.01. The molecule has 0 aliphatic heterocycles. The van der Waals surface area contributed by atoms with E-state index in [2.05, 4.69) is 6.58 Å². The molecule has 0 aromatic heterocycles. The van der Waals surface area contributed by atoms with Gasteiger partial charge in [-0.3, -0.25) is 20.2 Å². The number of aliphatic carboxylic acids is 1. The fourth-order valence-electron chi connectivity index (χ4n) is 0.698. The molecule has 78 valence electrons. The van der Waals surface area contributed by atoms with Crippen molar-refractivity contribution >= 4 is 5.97 Å². The van der Waals surface area contributed by atoms with E-state index in [1.165, 1.54) is 0 Å². The lowest BCUT2D eigenvalue weighted by Crippen LogP contribution is -2.28. The Labute approximate surface area is 78.1 Å². The van der Waals surface area contributed by atoms with Gasteiger partial charge < -0.3 is 5.11 Å². The molecule has 0 atom stereocenters. The van der Waals surface area contributed by atoms with E-state index in [-0.39, 0.29) is 12.0 Å². The summed E-state index contributed by atoms with van der Waals surface area (Å²) < 4.78 is 0. The van der Waals surface area contributed by atoms with Crippen LogP contribution in [-0.4, -0.2) is 27.1 Å². The molecule has 0 saturated carbocycles. The maximum Gasteiger partial charge on any atom is 0.451 e. The van der Waals surface area contributed by atoms with E-state index in [0.29, 0.717) is 0 Å². The first-order chi connectivity index (χ1) is 6.36. The molecule has 0 aromatic carbocycles. The summed E-state index contributed by atoms with van der Waals surface area (Å²) in [6.07, 6.45) is -2.71. The Kier molecular flexibility index (Phi) is 4.20. The molecule has 0 unspecified atom stereocenters. The van der Waals surface area contributed by atoms with Crippen LogP contribution in [0.15, 0.2) is 12.2 Å². The molecular formula is C6H8N2O6. The Bertz CT molecular complexity index is 272. The number of carboxylic acids is 1. The summed E-state index contributed by atoms with van der Waals surface area (Å²) in [4.78, 5) is 28.3. The van der Waals surface area contributed by atoms with Crippen LogP contribution in [0.1, 0.15) is 12.8 Å². The quantitative estimate of drug-likeness (QED) is 0.287. The average Bonchev–Trinajstić information content (AvgIpc) is 2.02. The number of nitro groups is 2. The minimum Gasteiger partial charge on any atom is -0.478 e. The molecule has 0 amide bonds. The highest BCUT2D eigenvalue weighted by atomic mass is 16.7. The highest BCUT2D eigenvalue weighted by Crippen LogP contribution is 2.08. The molecule has 0 rings (SSSR count). The summed E-state index contributed by atoms with van der Waals surface area (Å²) in [5, 5.41) is 28.6. The Morgan fingerprint density at radius 3 is 2.07 bits per heavy atom. The van der Waals surface area contributed by atoms with Gasteiger partial charge in [0.05, 0.1) is 16.3 Å². The maximum atomic E-state index is 10.2. The van der Waals surface area contributed by atoms with Gasteiger partial charge in [-0.1, -0.05) is 6.58 Å². The molecule has 0 bridgehead atoms. The van der Waals surface area contributed by atoms with Crippen LogP contribution in [0.3, 0.4) is 0 Å². The molecule has 1 N–H and O–H groups in total. The Morgan fingerprint density at radius 2 is 1.79 bits per heavy atom. The van der Waals surface area contributed by atoms with Gasteiger partial charge in [-0.25, -0.2) is 4.79 Å². The molecule has 0 fully saturated rings. The topological polar surface area (TPSA) is 124 Å². The monoisotopic (exact) mass is 204 g/mol. The molecular weight excluding hydrogens is 196 g/mol. The first kappa shape index (κ1) is 12.0. The second-order valence-corrected chi connectivity index (χ2v) is 2.50. The largest absolute Gasteiger partial charge is 0.478 e. The van der Waals surface area contributed by atoms with Crippen LogP contribution in [0.25, 0.3) is 0 Å². The normalized spacial score (nSPS) is 9.79. The lowest BCUT2D eigenvalue weighted by molar-refractivity contribution is -0.742. The van der Waals surface area contributed by atoms with E-state index in [1.807, 2.05) is 0 Å². The number of hydrogen-bond acceptors (Lipinski definition) is 5. The first-order valence-electron chi connectivity index (χ1n) is 3.54. The SMILES string of the molecule is C=C(CCC([N+](=O)[O-])[N+](=O)[O-])C(=O)O. The van der Waals surface area contributed by atoms with Gasteiger partial charge in [0, 0.05) is 5.57 Å². The summed E-state index contributed by atoms with van der Waals surface area (Å²) in [7, 11) is 0. The van der Waals surface area contributed by atoms with Gasteiger partial charge in [0.1, 0.15) is 0 Å². The summed E-state index contributed by atoms with van der Waals surface area (Å²) in [5.41, 5.74) is -0.279. The van der Waals surface area contributed by atoms with Crippen molar-refractivity contribution in [3.05, 3.63) is 32.4 Å². The van der Waals surface area contributed by atoms with Crippen molar-refractivity contribution in [3.8, 4) is 0 Å². The van der Waals surface area contributed by atoms with E-state index in [4.69, 9.17) is 5.11 Å². The van der Waals surface area contributed by atoms with Crippen LogP contribution in [0, 0.1) is 20.2 Å². The standard InChI is InChI=1S/C6H8N2O6/c1-4(6(9)10)2-3-5(7(11)12)8(13)14/h5H,1-3H2,(H,9,10). The Balaban J connectivity index is 4.21. The highest BCUT2D eigenvalue weighted by Gasteiger charge is 2.31. The van der Waals surface area contributed by atoms with Gasteiger partial charge in [-0.15, -0.1) is 0 Å². The maximum absolute atomic E-state index is 10.2. The third-order valence-electron chi connectivity index (χ3n) is 1.49. The van der Waals surface area contributed by atoms with Crippen LogP contribution in [0.5, 0.6) is 0 Å². The number of carbonyl (C=O) groups is 1. The fourth-order valence-corrected chi connectivity index (χ4v) is 0.698. The third kappa shape index (κ3) is 3.61. The molecule has 8 nitrogen and oxygen atoms in total. The van der Waals surface area contributed by atoms with Crippen molar-refractivity contribution in [1.82, 2.24) is 0 Å². The second kappa shape index (κ2) is 4.90. The molecule has 0 aliphatic rings. The number of nitrogens with zero attached hydrogens (tertiary/aromatic N) is 2.